The maximum Gasteiger partial charge on any atom is 0.334 e. The molecule has 8 heteroatoms. The maximum absolute atomic E-state index is 12.7. The Morgan fingerprint density at radius 3 is 2.59 bits per heavy atom. The molecule has 6 atom stereocenters. The van der Waals surface area contributed by atoms with E-state index in [0.717, 1.165) is 13.0 Å². The molecule has 6 unspecified atom stereocenters. The fraction of sp³-hybridized carbons (Fsp3) is 0.524. The van der Waals surface area contributed by atoms with Crippen LogP contribution in [0.2, 0.25) is 0 Å². The highest BCUT2D eigenvalue weighted by Gasteiger charge is 2.55. The summed E-state index contributed by atoms with van der Waals surface area (Å²) in [5.74, 6) is -4.07. The van der Waals surface area contributed by atoms with Crippen LogP contribution in [0.4, 0.5) is 0 Å². The first-order valence-electron chi connectivity index (χ1n) is 9.34. The van der Waals surface area contributed by atoms with Crippen LogP contribution >= 0.6 is 0 Å². The van der Waals surface area contributed by atoms with Crippen molar-refractivity contribution in [2.24, 2.45) is 11.8 Å². The van der Waals surface area contributed by atoms with E-state index in [-0.39, 0.29) is 11.5 Å². The minimum Gasteiger partial charge on any atom is -0.458 e. The lowest BCUT2D eigenvalue weighted by atomic mass is 9.77. The van der Waals surface area contributed by atoms with Gasteiger partial charge in [-0.1, -0.05) is 25.7 Å². The summed E-state index contributed by atoms with van der Waals surface area (Å²) in [6.45, 7) is 9.44. The first-order chi connectivity index (χ1) is 13.5. The average Bonchev–Trinajstić information content (AvgIpc) is 2.88. The van der Waals surface area contributed by atoms with Gasteiger partial charge in [0.05, 0.1) is 5.92 Å². The molecule has 29 heavy (non-hydrogen) atoms. The number of carbonyl (C=O) groups is 4. The second-order valence-corrected chi connectivity index (χ2v) is 7.51. The summed E-state index contributed by atoms with van der Waals surface area (Å²) in [6.07, 6.45) is 1.99. The average molecular weight is 406 g/mol. The van der Waals surface area contributed by atoms with E-state index in [0.29, 0.717) is 6.42 Å². The number of fused-ring (bicyclic) bond motifs is 1. The molecule has 1 fully saturated rings. The summed E-state index contributed by atoms with van der Waals surface area (Å²) in [5, 5.41) is 11.0. The Bertz CT molecular complexity index is 776. The molecular formula is C21H26O8. The van der Waals surface area contributed by atoms with Crippen molar-refractivity contribution in [2.45, 2.75) is 58.0 Å². The van der Waals surface area contributed by atoms with Gasteiger partial charge in [-0.15, -0.1) is 0 Å². The summed E-state index contributed by atoms with van der Waals surface area (Å²) >= 11 is 0. The van der Waals surface area contributed by atoms with Crippen molar-refractivity contribution in [2.75, 3.05) is 0 Å². The molecule has 8 nitrogen and oxygen atoms in total. The molecular weight excluding hydrogens is 380 g/mol. The van der Waals surface area contributed by atoms with Crippen LogP contribution in [0.1, 0.15) is 34.1 Å². The largest absolute Gasteiger partial charge is 0.458 e. The lowest BCUT2D eigenvalue weighted by Gasteiger charge is -2.39. The molecule has 0 amide bonds. The van der Waals surface area contributed by atoms with Crippen molar-refractivity contribution < 1.29 is 38.5 Å². The maximum atomic E-state index is 12.7. The molecule has 1 aliphatic heterocycles. The van der Waals surface area contributed by atoms with Gasteiger partial charge in [0, 0.05) is 18.6 Å². The zero-order chi connectivity index (χ0) is 21.9. The van der Waals surface area contributed by atoms with Gasteiger partial charge in [0.25, 0.3) is 0 Å². The van der Waals surface area contributed by atoms with Crippen LogP contribution in [0.25, 0.3) is 0 Å². The molecule has 0 bridgehead atoms. The van der Waals surface area contributed by atoms with E-state index in [1.807, 2.05) is 6.92 Å². The van der Waals surface area contributed by atoms with E-state index in [1.54, 1.807) is 13.0 Å². The van der Waals surface area contributed by atoms with E-state index in [9.17, 15) is 24.3 Å². The first kappa shape index (κ1) is 22.5. The van der Waals surface area contributed by atoms with Crippen LogP contribution in [0, 0.1) is 11.8 Å². The van der Waals surface area contributed by atoms with Crippen LogP contribution in [-0.2, 0) is 33.4 Å². The molecule has 1 saturated heterocycles. The molecule has 0 aromatic carbocycles. The molecule has 0 saturated carbocycles. The summed E-state index contributed by atoms with van der Waals surface area (Å²) in [7, 11) is 0. The Morgan fingerprint density at radius 2 is 2.00 bits per heavy atom. The second-order valence-electron chi connectivity index (χ2n) is 7.51. The molecule has 0 spiro atoms. The number of hydrogen-bond acceptors (Lipinski definition) is 8. The lowest BCUT2D eigenvalue weighted by Crippen LogP contribution is -2.58. The van der Waals surface area contributed by atoms with Crippen molar-refractivity contribution in [1.82, 2.24) is 0 Å². The molecule has 158 valence electrons. The zero-order valence-electron chi connectivity index (χ0n) is 16.9. The van der Waals surface area contributed by atoms with Gasteiger partial charge in [0.1, 0.15) is 6.10 Å². The highest BCUT2D eigenvalue weighted by molar-refractivity contribution is 5.97. The monoisotopic (exact) mass is 406 g/mol. The first-order valence-corrected chi connectivity index (χ1v) is 9.34. The fourth-order valence-electron chi connectivity index (χ4n) is 3.57. The zero-order valence-corrected chi connectivity index (χ0v) is 16.9. The Morgan fingerprint density at radius 1 is 1.34 bits per heavy atom. The number of carbonyl (C=O) groups excluding carboxylic acids is 4. The Kier molecular flexibility index (Phi) is 6.79. The number of allylic oxidation sites excluding steroid dienone is 2. The SMILES string of the molecule is C=C1C(=O)OC2CC(C)C=CC(=O)C(C)(O)C(OC(C)=O)C(OC(=O)C=CC)C12. The second kappa shape index (κ2) is 8.73. The predicted octanol–water partition coefficient (Wildman–Crippen LogP) is 1.42. The molecule has 1 heterocycles. The lowest BCUT2D eigenvalue weighted by molar-refractivity contribution is -0.194. The summed E-state index contributed by atoms with van der Waals surface area (Å²) in [5.41, 5.74) is -2.21. The molecule has 2 rings (SSSR count). The summed E-state index contributed by atoms with van der Waals surface area (Å²) in [4.78, 5) is 48.9. The van der Waals surface area contributed by atoms with Crippen molar-refractivity contribution in [3.63, 3.8) is 0 Å². The van der Waals surface area contributed by atoms with E-state index in [4.69, 9.17) is 14.2 Å². The summed E-state index contributed by atoms with van der Waals surface area (Å²) in [6, 6.07) is 0. The van der Waals surface area contributed by atoms with Crippen LogP contribution in [0.3, 0.4) is 0 Å². The van der Waals surface area contributed by atoms with Crippen LogP contribution in [0.15, 0.2) is 36.5 Å². The Balaban J connectivity index is 2.66. The van der Waals surface area contributed by atoms with E-state index in [1.165, 1.54) is 19.1 Å². The number of aliphatic hydroxyl groups is 1. The van der Waals surface area contributed by atoms with Gasteiger partial charge < -0.3 is 19.3 Å². The van der Waals surface area contributed by atoms with Gasteiger partial charge >= 0.3 is 17.9 Å². The minimum absolute atomic E-state index is 0.0189. The van der Waals surface area contributed by atoms with Gasteiger partial charge in [-0.05, 0) is 32.3 Å². The van der Waals surface area contributed by atoms with Gasteiger partial charge in [-0.25, -0.2) is 9.59 Å². The van der Waals surface area contributed by atoms with Crippen LogP contribution in [0.5, 0.6) is 0 Å². The Hall–Kier alpha value is -2.74. The summed E-state index contributed by atoms with van der Waals surface area (Å²) < 4.78 is 16.2. The van der Waals surface area contributed by atoms with Crippen LogP contribution in [-0.4, -0.2) is 52.7 Å². The van der Waals surface area contributed by atoms with Crippen LogP contribution < -0.4 is 0 Å². The third kappa shape index (κ3) is 4.82. The van der Waals surface area contributed by atoms with Gasteiger partial charge in [0.2, 0.25) is 0 Å². The number of esters is 3. The molecule has 1 N–H and O–H groups in total. The Labute approximate surface area is 169 Å². The number of hydrogen-bond donors (Lipinski definition) is 1. The smallest absolute Gasteiger partial charge is 0.334 e. The van der Waals surface area contributed by atoms with Crippen molar-refractivity contribution >= 4 is 23.7 Å². The van der Waals surface area contributed by atoms with Gasteiger partial charge in [-0.3, -0.25) is 9.59 Å². The molecule has 1 aliphatic carbocycles. The van der Waals surface area contributed by atoms with Crippen molar-refractivity contribution in [3.8, 4) is 0 Å². The minimum atomic E-state index is -2.23. The molecule has 2 aliphatic rings. The highest BCUT2D eigenvalue weighted by atomic mass is 16.6. The van der Waals surface area contributed by atoms with Crippen molar-refractivity contribution in [1.29, 1.82) is 0 Å². The van der Waals surface area contributed by atoms with Crippen molar-refractivity contribution in [3.05, 3.63) is 36.5 Å². The third-order valence-electron chi connectivity index (χ3n) is 5.06. The quantitative estimate of drug-likeness (QED) is 0.425. The van der Waals surface area contributed by atoms with E-state index >= 15 is 0 Å². The van der Waals surface area contributed by atoms with E-state index < -0.39 is 53.5 Å². The molecule has 0 aromatic rings. The van der Waals surface area contributed by atoms with Gasteiger partial charge in [0.15, 0.2) is 23.6 Å². The predicted molar refractivity (Wildman–Crippen MR) is 101 cm³/mol. The fourth-order valence-corrected chi connectivity index (χ4v) is 3.57. The third-order valence-corrected chi connectivity index (χ3v) is 5.06. The highest BCUT2D eigenvalue weighted by Crippen LogP contribution is 2.39. The normalized spacial score (nSPS) is 35.2. The van der Waals surface area contributed by atoms with E-state index in [2.05, 4.69) is 6.58 Å². The number of ether oxygens (including phenoxy) is 3. The standard InChI is InChI=1S/C21H26O8/c1-6-7-16(24)29-18-17-12(3)20(25)28-14(17)10-11(2)8-9-15(23)21(5,26)19(18)27-13(4)22/h6-9,11,14,17-19,26H,3,10H2,1-2,4-5H3. The number of ketones is 1. The molecule has 0 aromatic heterocycles. The van der Waals surface area contributed by atoms with Gasteiger partial charge in [-0.2, -0.15) is 0 Å². The molecule has 0 radical (unpaired) electrons. The number of rotatable bonds is 3. The topological polar surface area (TPSA) is 116 Å².